The average Bonchev–Trinajstić information content (AvgIpc) is 3.46. The van der Waals surface area contributed by atoms with E-state index in [4.69, 9.17) is 7.88 Å². The topological polar surface area (TPSA) is 48.4 Å². The average molecular weight is 570 g/mol. The molecular weight excluding hydrogens is 542 g/mol. The van der Waals surface area contributed by atoms with E-state index in [1.807, 2.05) is 0 Å². The van der Waals surface area contributed by atoms with Crippen LogP contribution in [0.2, 0.25) is 0 Å². The number of halogens is 2. The Labute approximate surface area is 202 Å². The van der Waals surface area contributed by atoms with Gasteiger partial charge in [-0.1, -0.05) is 6.42 Å². The van der Waals surface area contributed by atoms with Crippen molar-refractivity contribution in [2.75, 3.05) is 42.4 Å². The largest absolute Gasteiger partial charge is 0.489 e. The van der Waals surface area contributed by atoms with Crippen LogP contribution in [0.15, 0.2) is 27.4 Å². The van der Waals surface area contributed by atoms with Crippen LogP contribution in [0, 0.1) is 5.82 Å². The van der Waals surface area contributed by atoms with Crippen molar-refractivity contribution in [2.24, 2.45) is 3.15 Å². The van der Waals surface area contributed by atoms with E-state index in [1.54, 1.807) is 15.2 Å². The van der Waals surface area contributed by atoms with Crippen molar-refractivity contribution < 1.29 is 13.9 Å². The summed E-state index contributed by atoms with van der Waals surface area (Å²) in [6.07, 6.45) is 6.26. The number of carbonyl (C=O) groups is 1. The number of anilines is 1. The third-order valence-electron chi connectivity index (χ3n) is 6.17. The Morgan fingerprint density at radius 1 is 1.03 bits per heavy atom. The van der Waals surface area contributed by atoms with Gasteiger partial charge >= 0.3 is 0 Å². The lowest BCUT2D eigenvalue weighted by Crippen LogP contribution is -2.28. The Morgan fingerprint density at radius 2 is 1.78 bits per heavy atom. The molecule has 0 N–H and O–H groups in total. The van der Waals surface area contributed by atoms with Gasteiger partial charge in [0.25, 0.3) is 5.91 Å². The minimum absolute atomic E-state index is 0.0557. The molecule has 0 spiro atoms. The second-order valence-electron chi connectivity index (χ2n) is 8.52. The van der Waals surface area contributed by atoms with Gasteiger partial charge in [0, 0.05) is 24.0 Å². The van der Waals surface area contributed by atoms with Crippen LogP contribution in [0.4, 0.5) is 15.8 Å². The summed E-state index contributed by atoms with van der Waals surface area (Å²) in [7, 11) is 0. The van der Waals surface area contributed by atoms with Gasteiger partial charge in [-0.2, -0.15) is 0 Å². The zero-order chi connectivity index (χ0) is 21.9. The SMILES string of the molecule is O=C1c2sc(CN3CCCCC3)cc2N=IN1c1ccc(OCCN2CCCC2)c(F)c1. The van der Waals surface area contributed by atoms with Gasteiger partial charge in [-0.15, -0.1) is 11.3 Å². The highest BCUT2D eigenvalue weighted by Gasteiger charge is 2.28. The zero-order valence-electron chi connectivity index (χ0n) is 18.1. The third kappa shape index (κ3) is 5.05. The normalized spacial score (nSPS) is 19.8. The van der Waals surface area contributed by atoms with Crippen LogP contribution in [0.3, 0.4) is 0 Å². The molecule has 0 saturated carbocycles. The van der Waals surface area contributed by atoms with Crippen molar-refractivity contribution in [3.05, 3.63) is 39.8 Å². The minimum atomic E-state index is -0.920. The van der Waals surface area contributed by atoms with Crippen molar-refractivity contribution in [3.8, 4) is 5.75 Å². The van der Waals surface area contributed by atoms with Crippen LogP contribution in [0.5, 0.6) is 5.75 Å². The van der Waals surface area contributed by atoms with E-state index < -0.39 is 27.1 Å². The summed E-state index contributed by atoms with van der Waals surface area (Å²) in [5.74, 6) is -0.239. The van der Waals surface area contributed by atoms with Crippen LogP contribution in [0.25, 0.3) is 0 Å². The maximum Gasteiger partial charge on any atom is 0.280 e. The van der Waals surface area contributed by atoms with Crippen molar-refractivity contribution in [1.82, 2.24) is 9.80 Å². The number of ether oxygens (including phenoxy) is 1. The van der Waals surface area contributed by atoms with Crippen LogP contribution < -0.4 is 7.85 Å². The number of hydrogen-bond donors (Lipinski definition) is 0. The van der Waals surface area contributed by atoms with Gasteiger partial charge in [0.05, 0.1) is 11.4 Å². The predicted octanol–water partition coefficient (Wildman–Crippen LogP) is 5.71. The van der Waals surface area contributed by atoms with E-state index in [1.165, 1.54) is 54.4 Å². The maximum atomic E-state index is 14.7. The second kappa shape index (κ2) is 10.2. The van der Waals surface area contributed by atoms with E-state index in [2.05, 4.69) is 15.9 Å². The molecule has 9 heteroatoms. The summed E-state index contributed by atoms with van der Waals surface area (Å²) in [5.41, 5.74) is 1.38. The van der Waals surface area contributed by atoms with Crippen LogP contribution in [-0.4, -0.2) is 55.0 Å². The van der Waals surface area contributed by atoms with Crippen molar-refractivity contribution in [3.63, 3.8) is 0 Å². The first-order valence-electron chi connectivity index (χ1n) is 11.4. The van der Waals surface area contributed by atoms with Gasteiger partial charge in [0.15, 0.2) is 11.6 Å². The molecule has 5 rings (SSSR count). The lowest BCUT2D eigenvalue weighted by Gasteiger charge is -2.25. The fraction of sp³-hybridized carbons (Fsp3) is 0.522. The molecule has 32 heavy (non-hydrogen) atoms. The first kappa shape index (κ1) is 22.4. The number of piperidine rings is 1. The van der Waals surface area contributed by atoms with Gasteiger partial charge in [-0.25, -0.2) is 10.6 Å². The molecule has 0 radical (unpaired) electrons. The van der Waals surface area contributed by atoms with E-state index in [0.717, 1.165) is 45.0 Å². The Morgan fingerprint density at radius 3 is 2.56 bits per heavy atom. The summed E-state index contributed by atoms with van der Waals surface area (Å²) in [4.78, 5) is 19.8. The molecule has 1 amide bonds. The number of hydrogen-bond acceptors (Lipinski definition) is 6. The van der Waals surface area contributed by atoms with Crippen LogP contribution >= 0.6 is 32.6 Å². The monoisotopic (exact) mass is 570 g/mol. The molecule has 2 saturated heterocycles. The first-order valence-corrected chi connectivity index (χ1v) is 14.1. The molecule has 0 atom stereocenters. The maximum absolute atomic E-state index is 14.7. The quantitative estimate of drug-likeness (QED) is 0.316. The van der Waals surface area contributed by atoms with Crippen LogP contribution in [-0.2, 0) is 6.54 Å². The fourth-order valence-electron chi connectivity index (χ4n) is 4.45. The first-order chi connectivity index (χ1) is 15.7. The second-order valence-corrected chi connectivity index (χ2v) is 11.5. The number of carbonyl (C=O) groups excluding carboxylic acids is 1. The van der Waals surface area contributed by atoms with E-state index in [0.29, 0.717) is 17.2 Å². The van der Waals surface area contributed by atoms with Gasteiger partial charge in [0.1, 0.15) is 32.8 Å². The Bertz CT molecular complexity index is 1000. The highest BCUT2D eigenvalue weighted by atomic mass is 127. The number of rotatable bonds is 7. The Hall–Kier alpha value is -1.43. The lowest BCUT2D eigenvalue weighted by atomic mass is 10.1. The number of thiophene rings is 1. The van der Waals surface area contributed by atoms with Crippen molar-refractivity contribution in [2.45, 2.75) is 38.6 Å². The van der Waals surface area contributed by atoms with Gasteiger partial charge in [-0.05, 0) is 70.1 Å². The number of benzene rings is 1. The predicted molar refractivity (Wildman–Crippen MR) is 134 cm³/mol. The van der Waals surface area contributed by atoms with E-state index in [9.17, 15) is 9.18 Å². The highest BCUT2D eigenvalue weighted by Crippen LogP contribution is 2.42. The van der Waals surface area contributed by atoms with E-state index in [-0.39, 0.29) is 11.7 Å². The van der Waals surface area contributed by atoms with Gasteiger partial charge < -0.3 is 4.74 Å². The number of nitrogens with zero attached hydrogens (tertiary/aromatic N) is 4. The molecule has 1 aromatic heterocycles. The number of fused-ring (bicyclic) bond motifs is 1. The number of likely N-dealkylation sites (tertiary alicyclic amines) is 2. The van der Waals surface area contributed by atoms with Gasteiger partial charge in [0.2, 0.25) is 0 Å². The Balaban J connectivity index is 1.23. The molecule has 0 unspecified atom stereocenters. The van der Waals surface area contributed by atoms with Crippen LogP contribution in [0.1, 0.15) is 46.7 Å². The summed E-state index contributed by atoms with van der Waals surface area (Å²) in [5, 5.41) is 0. The molecule has 1 aromatic carbocycles. The molecular formula is C23H28FIN4O2S. The fourth-order valence-corrected chi connectivity index (χ4v) is 7.66. The number of amides is 1. The molecule has 0 aliphatic carbocycles. The van der Waals surface area contributed by atoms with Crippen molar-refractivity contribution in [1.29, 1.82) is 0 Å². The lowest BCUT2D eigenvalue weighted by molar-refractivity contribution is 0.101. The van der Waals surface area contributed by atoms with E-state index >= 15 is 0 Å². The minimum Gasteiger partial charge on any atom is -0.489 e. The molecule has 3 aliphatic rings. The third-order valence-corrected chi connectivity index (χ3v) is 9.43. The summed E-state index contributed by atoms with van der Waals surface area (Å²) >= 11 is 0.614. The Kier molecular flexibility index (Phi) is 7.15. The molecule has 2 fully saturated rings. The molecule has 4 heterocycles. The summed E-state index contributed by atoms with van der Waals surface area (Å²) < 4.78 is 26.7. The standard InChI is InChI=1S/C23H28FIN4O2S/c24-19-14-17(6-7-21(19)31-13-12-27-8-4-5-9-27)29-23(30)22-20(26-25-29)15-18(32-22)16-28-10-2-1-3-11-28/h6-7,14-15H,1-5,8-13,16H2. The molecule has 3 aliphatic heterocycles. The molecule has 0 bridgehead atoms. The smallest absolute Gasteiger partial charge is 0.280 e. The zero-order valence-corrected chi connectivity index (χ0v) is 21.0. The highest BCUT2D eigenvalue weighted by molar-refractivity contribution is 14.2. The van der Waals surface area contributed by atoms with Gasteiger partial charge in [-0.3, -0.25) is 14.6 Å². The summed E-state index contributed by atoms with van der Waals surface area (Å²) in [6.45, 7) is 6.61. The van der Waals surface area contributed by atoms with Crippen molar-refractivity contribution >= 4 is 49.9 Å². The molecule has 6 nitrogen and oxygen atoms in total. The summed E-state index contributed by atoms with van der Waals surface area (Å²) in [6, 6.07) is 6.89. The molecule has 172 valence electrons. The molecule has 2 aromatic rings.